The number of hydrogen-bond acceptors (Lipinski definition) is 4. The molecule has 0 aromatic heterocycles. The first kappa shape index (κ1) is 18.3. The summed E-state index contributed by atoms with van der Waals surface area (Å²) in [7, 11) is 0. The van der Waals surface area contributed by atoms with Gasteiger partial charge in [-0.3, -0.25) is 9.59 Å². The average Bonchev–Trinajstić information content (AvgIpc) is 2.81. The fraction of sp³-hybridized carbons (Fsp3) is 0.800. The fourth-order valence-electron chi connectivity index (χ4n) is 2.54. The van der Waals surface area contributed by atoms with E-state index in [4.69, 9.17) is 9.84 Å². The van der Waals surface area contributed by atoms with Crippen LogP contribution in [0.5, 0.6) is 0 Å². The van der Waals surface area contributed by atoms with Gasteiger partial charge in [-0.2, -0.15) is 0 Å². The van der Waals surface area contributed by atoms with E-state index in [-0.39, 0.29) is 11.8 Å². The number of amides is 2. The van der Waals surface area contributed by atoms with Crippen LogP contribution < -0.4 is 10.6 Å². The number of carboxylic acid groups (broad SMARTS) is 1. The van der Waals surface area contributed by atoms with Crippen LogP contribution in [0.4, 0.5) is 4.79 Å². The molecule has 0 saturated heterocycles. The van der Waals surface area contributed by atoms with Crippen LogP contribution in [-0.4, -0.2) is 41.3 Å². The van der Waals surface area contributed by atoms with Gasteiger partial charge in [-0.15, -0.1) is 0 Å². The summed E-state index contributed by atoms with van der Waals surface area (Å²) in [6.07, 6.45) is 1.66. The Hall–Kier alpha value is -1.79. The number of hydrogen-bond donors (Lipinski definition) is 3. The molecule has 126 valence electrons. The zero-order valence-corrected chi connectivity index (χ0v) is 13.6. The van der Waals surface area contributed by atoms with Gasteiger partial charge in [-0.1, -0.05) is 6.42 Å². The van der Waals surface area contributed by atoms with Crippen LogP contribution in [0.25, 0.3) is 0 Å². The first-order chi connectivity index (χ1) is 10.1. The van der Waals surface area contributed by atoms with Crippen LogP contribution in [0, 0.1) is 11.8 Å². The van der Waals surface area contributed by atoms with Gasteiger partial charge in [-0.25, -0.2) is 4.79 Å². The second-order valence-corrected chi connectivity index (χ2v) is 6.75. The van der Waals surface area contributed by atoms with E-state index in [2.05, 4.69) is 10.6 Å². The van der Waals surface area contributed by atoms with Gasteiger partial charge in [-0.05, 0) is 46.5 Å². The van der Waals surface area contributed by atoms with E-state index in [1.165, 1.54) is 0 Å². The van der Waals surface area contributed by atoms with Gasteiger partial charge in [0.25, 0.3) is 0 Å². The highest BCUT2D eigenvalue weighted by atomic mass is 16.6. The highest BCUT2D eigenvalue weighted by Crippen LogP contribution is 2.31. The summed E-state index contributed by atoms with van der Waals surface area (Å²) >= 11 is 0. The minimum absolute atomic E-state index is 0.0461. The minimum atomic E-state index is -0.809. The van der Waals surface area contributed by atoms with Crippen LogP contribution in [0.1, 0.15) is 47.0 Å². The smallest absolute Gasteiger partial charge is 0.408 e. The third kappa shape index (κ3) is 5.91. The van der Waals surface area contributed by atoms with E-state index >= 15 is 0 Å². The molecule has 7 nitrogen and oxygen atoms in total. The molecule has 0 bridgehead atoms. The third-order valence-electron chi connectivity index (χ3n) is 3.64. The number of alkyl carbamates (subject to hydrolysis) is 1. The molecular weight excluding hydrogens is 288 g/mol. The van der Waals surface area contributed by atoms with Crippen LogP contribution in [0.2, 0.25) is 0 Å². The Balaban J connectivity index is 2.38. The number of ether oxygens (including phenoxy) is 1. The first-order valence-electron chi connectivity index (χ1n) is 7.60. The van der Waals surface area contributed by atoms with Gasteiger partial charge in [0.05, 0.1) is 5.92 Å². The Morgan fingerprint density at radius 2 is 1.91 bits per heavy atom. The van der Waals surface area contributed by atoms with Crippen molar-refractivity contribution in [1.29, 1.82) is 0 Å². The molecule has 1 aliphatic rings. The Morgan fingerprint density at radius 1 is 1.27 bits per heavy atom. The molecule has 7 heteroatoms. The molecule has 3 atom stereocenters. The summed E-state index contributed by atoms with van der Waals surface area (Å²) in [5.74, 6) is -1.59. The quantitative estimate of drug-likeness (QED) is 0.713. The largest absolute Gasteiger partial charge is 0.481 e. The van der Waals surface area contributed by atoms with Crippen molar-refractivity contribution in [2.45, 2.75) is 58.6 Å². The Labute approximate surface area is 130 Å². The number of carboxylic acids is 1. The molecule has 0 spiro atoms. The van der Waals surface area contributed by atoms with E-state index in [0.29, 0.717) is 13.0 Å². The van der Waals surface area contributed by atoms with Crippen molar-refractivity contribution in [1.82, 2.24) is 10.6 Å². The third-order valence-corrected chi connectivity index (χ3v) is 3.64. The second kappa shape index (κ2) is 7.47. The van der Waals surface area contributed by atoms with Crippen molar-refractivity contribution in [3.63, 3.8) is 0 Å². The zero-order valence-electron chi connectivity index (χ0n) is 13.6. The normalized spacial score (nSPS) is 22.7. The molecule has 3 N–H and O–H groups in total. The molecule has 1 rings (SSSR count). The topological polar surface area (TPSA) is 105 Å². The molecule has 1 aliphatic carbocycles. The van der Waals surface area contributed by atoms with E-state index in [9.17, 15) is 14.4 Å². The SMILES string of the molecule is C[C@@H](NC(=O)OC(C)(C)C)C(=O)NC[C@@H]1CCC[C@H]1C(=O)O. The highest BCUT2D eigenvalue weighted by Gasteiger charge is 2.33. The average molecular weight is 314 g/mol. The lowest BCUT2D eigenvalue weighted by molar-refractivity contribution is -0.143. The number of nitrogens with one attached hydrogen (secondary N) is 2. The number of carbonyl (C=O) groups excluding carboxylic acids is 2. The van der Waals surface area contributed by atoms with Crippen LogP contribution in [0.15, 0.2) is 0 Å². The van der Waals surface area contributed by atoms with Gasteiger partial charge in [0.15, 0.2) is 0 Å². The molecule has 0 aliphatic heterocycles. The molecule has 0 radical (unpaired) electrons. The minimum Gasteiger partial charge on any atom is -0.481 e. The lowest BCUT2D eigenvalue weighted by Gasteiger charge is -2.22. The lowest BCUT2D eigenvalue weighted by Crippen LogP contribution is -2.47. The summed E-state index contributed by atoms with van der Waals surface area (Å²) in [6, 6.07) is -0.737. The molecule has 1 fully saturated rings. The first-order valence-corrected chi connectivity index (χ1v) is 7.60. The van der Waals surface area contributed by atoms with E-state index in [1.807, 2.05) is 0 Å². The van der Waals surface area contributed by atoms with Crippen molar-refractivity contribution in [2.75, 3.05) is 6.54 Å². The molecule has 0 aromatic carbocycles. The maximum absolute atomic E-state index is 11.9. The van der Waals surface area contributed by atoms with Crippen LogP contribution in [0.3, 0.4) is 0 Å². The summed E-state index contributed by atoms with van der Waals surface area (Å²) in [5.41, 5.74) is -0.626. The number of aliphatic carboxylic acids is 1. The molecule has 22 heavy (non-hydrogen) atoms. The van der Waals surface area contributed by atoms with E-state index < -0.39 is 29.6 Å². The van der Waals surface area contributed by atoms with Gasteiger partial charge in [0.2, 0.25) is 5.91 Å². The standard InChI is InChI=1S/C15H26N2O5/c1-9(17-14(21)22-15(2,3)4)12(18)16-8-10-6-5-7-11(10)13(19)20/h9-11H,5-8H2,1-4H3,(H,16,18)(H,17,21)(H,19,20)/t9-,10+,11-/m1/s1. The Morgan fingerprint density at radius 3 is 2.45 bits per heavy atom. The van der Waals surface area contributed by atoms with Crippen LogP contribution >= 0.6 is 0 Å². The number of carbonyl (C=O) groups is 3. The van der Waals surface area contributed by atoms with Crippen molar-refractivity contribution < 1.29 is 24.2 Å². The zero-order chi connectivity index (χ0) is 16.9. The molecule has 2 amide bonds. The monoisotopic (exact) mass is 314 g/mol. The van der Waals surface area contributed by atoms with Crippen LogP contribution in [-0.2, 0) is 14.3 Å². The highest BCUT2D eigenvalue weighted by molar-refractivity contribution is 5.85. The summed E-state index contributed by atoms with van der Waals surface area (Å²) in [6.45, 7) is 7.09. The predicted molar refractivity (Wildman–Crippen MR) is 80.3 cm³/mol. The van der Waals surface area contributed by atoms with E-state index in [1.54, 1.807) is 27.7 Å². The number of rotatable bonds is 5. The fourth-order valence-corrected chi connectivity index (χ4v) is 2.54. The molecular formula is C15H26N2O5. The van der Waals surface area contributed by atoms with Crippen molar-refractivity contribution in [3.05, 3.63) is 0 Å². The lowest BCUT2D eigenvalue weighted by atomic mass is 9.96. The summed E-state index contributed by atoms with van der Waals surface area (Å²) in [4.78, 5) is 34.6. The van der Waals surface area contributed by atoms with Gasteiger partial charge in [0, 0.05) is 6.54 Å². The van der Waals surface area contributed by atoms with Crippen molar-refractivity contribution in [2.24, 2.45) is 11.8 Å². The predicted octanol–water partition coefficient (Wildman–Crippen LogP) is 1.52. The Bertz CT molecular complexity index is 430. The van der Waals surface area contributed by atoms with Crippen molar-refractivity contribution >= 4 is 18.0 Å². The summed E-state index contributed by atoms with van der Waals surface area (Å²) in [5, 5.41) is 14.3. The molecule has 0 heterocycles. The molecule has 1 saturated carbocycles. The van der Waals surface area contributed by atoms with Crippen molar-refractivity contribution in [3.8, 4) is 0 Å². The maximum atomic E-state index is 11.9. The van der Waals surface area contributed by atoms with Gasteiger partial charge in [0.1, 0.15) is 11.6 Å². The Kier molecular flexibility index (Phi) is 6.20. The van der Waals surface area contributed by atoms with E-state index in [0.717, 1.165) is 12.8 Å². The summed E-state index contributed by atoms with van der Waals surface area (Å²) < 4.78 is 5.08. The second-order valence-electron chi connectivity index (χ2n) is 6.75. The molecule has 0 unspecified atom stereocenters. The maximum Gasteiger partial charge on any atom is 0.408 e. The molecule has 0 aromatic rings. The van der Waals surface area contributed by atoms with Gasteiger partial charge >= 0.3 is 12.1 Å². The van der Waals surface area contributed by atoms with Gasteiger partial charge < -0.3 is 20.5 Å².